The van der Waals surface area contributed by atoms with Crippen LogP contribution < -0.4 is 9.46 Å². The summed E-state index contributed by atoms with van der Waals surface area (Å²) in [6.45, 7) is 4.82. The smallest absolute Gasteiger partial charge is 0.406 e. The van der Waals surface area contributed by atoms with Crippen LogP contribution in [0.25, 0.3) is 0 Å². The van der Waals surface area contributed by atoms with Crippen molar-refractivity contribution in [2.45, 2.75) is 44.0 Å². The summed E-state index contributed by atoms with van der Waals surface area (Å²) in [6.07, 6.45) is -2.07. The number of rotatable bonds is 12. The van der Waals surface area contributed by atoms with Gasteiger partial charge in [0.25, 0.3) is 0 Å². The van der Waals surface area contributed by atoms with Crippen LogP contribution in [0.5, 0.6) is 5.75 Å². The zero-order valence-electron chi connectivity index (χ0n) is 16.9. The van der Waals surface area contributed by atoms with Gasteiger partial charge in [-0.2, -0.15) is 0 Å². The molecule has 0 heterocycles. The van der Waals surface area contributed by atoms with Gasteiger partial charge in [0.15, 0.2) is 0 Å². The summed E-state index contributed by atoms with van der Waals surface area (Å²) in [4.78, 5) is 2.18. The first-order chi connectivity index (χ1) is 14.2. The van der Waals surface area contributed by atoms with Crippen molar-refractivity contribution >= 4 is 10.0 Å². The van der Waals surface area contributed by atoms with Crippen LogP contribution >= 0.6 is 0 Å². The van der Waals surface area contributed by atoms with Crippen molar-refractivity contribution in [2.75, 3.05) is 19.6 Å². The molecule has 0 aliphatic rings. The highest BCUT2D eigenvalue weighted by Gasteiger charge is 2.31. The van der Waals surface area contributed by atoms with E-state index in [2.05, 4.69) is 33.4 Å². The predicted molar refractivity (Wildman–Crippen MR) is 110 cm³/mol. The van der Waals surface area contributed by atoms with E-state index in [1.54, 1.807) is 0 Å². The lowest BCUT2D eigenvalue weighted by atomic mass is 10.2. The molecule has 0 amide bonds. The third kappa shape index (κ3) is 8.73. The van der Waals surface area contributed by atoms with Gasteiger partial charge in [0.1, 0.15) is 5.75 Å². The zero-order chi connectivity index (χ0) is 22.0. The van der Waals surface area contributed by atoms with E-state index in [4.69, 9.17) is 0 Å². The van der Waals surface area contributed by atoms with Crippen molar-refractivity contribution in [3.05, 3.63) is 60.2 Å². The number of unbranched alkanes of at least 4 members (excludes halogenated alkanes) is 1. The van der Waals surface area contributed by atoms with Gasteiger partial charge >= 0.3 is 6.36 Å². The molecule has 0 atom stereocenters. The minimum absolute atomic E-state index is 0.107. The maximum atomic E-state index is 12.3. The fourth-order valence-electron chi connectivity index (χ4n) is 2.91. The number of alkyl halides is 3. The summed E-state index contributed by atoms with van der Waals surface area (Å²) in [5.74, 6) is -0.464. The van der Waals surface area contributed by atoms with Gasteiger partial charge in [-0.25, -0.2) is 13.1 Å². The van der Waals surface area contributed by atoms with E-state index in [1.165, 1.54) is 5.56 Å². The number of benzene rings is 2. The summed E-state index contributed by atoms with van der Waals surface area (Å²) in [7, 11) is -3.80. The van der Waals surface area contributed by atoms with Crippen molar-refractivity contribution in [1.82, 2.24) is 9.62 Å². The summed E-state index contributed by atoms with van der Waals surface area (Å²) < 4.78 is 67.6. The standard InChI is InChI=1S/C21H27F3N2O3S/c1-2-3-15-26(17-18-8-5-4-6-9-18)16-7-14-25-30(27,28)20-12-10-19(11-13-20)29-21(22,23)24/h4-6,8-13,25H,2-3,7,14-17H2,1H3. The Kier molecular flexibility index (Phi) is 9.13. The molecule has 30 heavy (non-hydrogen) atoms. The number of ether oxygens (including phenoxy) is 1. The van der Waals surface area contributed by atoms with Gasteiger partial charge in [0.05, 0.1) is 4.90 Å². The van der Waals surface area contributed by atoms with E-state index >= 15 is 0 Å². The van der Waals surface area contributed by atoms with Gasteiger partial charge < -0.3 is 4.74 Å². The molecule has 5 nitrogen and oxygen atoms in total. The maximum Gasteiger partial charge on any atom is 0.573 e. The molecule has 0 aromatic heterocycles. The van der Waals surface area contributed by atoms with E-state index < -0.39 is 22.1 Å². The Labute approximate surface area is 175 Å². The topological polar surface area (TPSA) is 58.6 Å². The molecule has 0 unspecified atom stereocenters. The zero-order valence-corrected chi connectivity index (χ0v) is 17.7. The van der Waals surface area contributed by atoms with E-state index in [9.17, 15) is 21.6 Å². The Hall–Kier alpha value is -2.10. The first-order valence-electron chi connectivity index (χ1n) is 9.81. The molecule has 0 aliphatic heterocycles. The number of hydrogen-bond donors (Lipinski definition) is 1. The highest BCUT2D eigenvalue weighted by Crippen LogP contribution is 2.23. The van der Waals surface area contributed by atoms with Gasteiger partial charge in [0, 0.05) is 13.1 Å². The molecule has 0 aliphatic carbocycles. The fraction of sp³-hybridized carbons (Fsp3) is 0.429. The SMILES string of the molecule is CCCCN(CCCNS(=O)(=O)c1ccc(OC(F)(F)F)cc1)Cc1ccccc1. The molecule has 2 aromatic rings. The van der Waals surface area contributed by atoms with Crippen LogP contribution in [0.1, 0.15) is 31.7 Å². The molecule has 166 valence electrons. The Bertz CT molecular complexity index is 857. The molecule has 0 saturated heterocycles. The second kappa shape index (κ2) is 11.3. The Balaban J connectivity index is 1.85. The second-order valence-corrected chi connectivity index (χ2v) is 8.65. The minimum atomic E-state index is -4.82. The molecular weight excluding hydrogens is 417 g/mol. The molecule has 0 saturated carbocycles. The van der Waals surface area contributed by atoms with Crippen molar-refractivity contribution in [3.63, 3.8) is 0 Å². The van der Waals surface area contributed by atoms with Crippen molar-refractivity contribution < 1.29 is 26.3 Å². The van der Waals surface area contributed by atoms with Gasteiger partial charge in [-0.15, -0.1) is 13.2 Å². The molecule has 0 radical (unpaired) electrons. The highest BCUT2D eigenvalue weighted by atomic mass is 32.2. The Morgan fingerprint density at radius 2 is 1.60 bits per heavy atom. The molecule has 0 bridgehead atoms. The lowest BCUT2D eigenvalue weighted by Gasteiger charge is -2.22. The molecule has 2 rings (SSSR count). The second-order valence-electron chi connectivity index (χ2n) is 6.89. The summed E-state index contributed by atoms with van der Waals surface area (Å²) in [5, 5.41) is 0. The van der Waals surface area contributed by atoms with Crippen LogP contribution in [0.4, 0.5) is 13.2 Å². The van der Waals surface area contributed by atoms with Crippen LogP contribution in [-0.2, 0) is 16.6 Å². The molecule has 2 aromatic carbocycles. The quantitative estimate of drug-likeness (QED) is 0.488. The number of halogens is 3. The monoisotopic (exact) mass is 444 g/mol. The predicted octanol–water partition coefficient (Wildman–Crippen LogP) is 4.56. The average molecular weight is 445 g/mol. The number of nitrogens with one attached hydrogen (secondary N) is 1. The van der Waals surface area contributed by atoms with Gasteiger partial charge in [-0.1, -0.05) is 43.7 Å². The summed E-state index contributed by atoms with van der Waals surface area (Å²) >= 11 is 0. The lowest BCUT2D eigenvalue weighted by molar-refractivity contribution is -0.274. The van der Waals surface area contributed by atoms with Crippen LogP contribution in [0, 0.1) is 0 Å². The molecule has 1 N–H and O–H groups in total. The molecule has 0 fully saturated rings. The molecule has 0 spiro atoms. The number of sulfonamides is 1. The van der Waals surface area contributed by atoms with E-state index in [0.717, 1.165) is 56.7 Å². The molecule has 9 heteroatoms. The van der Waals surface area contributed by atoms with Crippen molar-refractivity contribution in [3.8, 4) is 5.75 Å². The van der Waals surface area contributed by atoms with Gasteiger partial charge in [0.2, 0.25) is 10.0 Å². The third-order valence-corrected chi connectivity index (χ3v) is 5.86. The van der Waals surface area contributed by atoms with Gasteiger partial charge in [-0.05, 0) is 55.8 Å². The highest BCUT2D eigenvalue weighted by molar-refractivity contribution is 7.89. The Morgan fingerprint density at radius 1 is 0.967 bits per heavy atom. The number of hydrogen-bond acceptors (Lipinski definition) is 4. The van der Waals surface area contributed by atoms with Crippen molar-refractivity contribution in [1.29, 1.82) is 0 Å². The average Bonchev–Trinajstić information content (AvgIpc) is 2.69. The third-order valence-electron chi connectivity index (χ3n) is 4.39. The maximum absolute atomic E-state index is 12.3. The van der Waals surface area contributed by atoms with Crippen LogP contribution in [0.15, 0.2) is 59.5 Å². The van der Waals surface area contributed by atoms with E-state index in [0.29, 0.717) is 6.42 Å². The Morgan fingerprint density at radius 3 is 2.20 bits per heavy atom. The van der Waals surface area contributed by atoms with Gasteiger partial charge in [-0.3, -0.25) is 4.90 Å². The van der Waals surface area contributed by atoms with Crippen LogP contribution in [0.2, 0.25) is 0 Å². The minimum Gasteiger partial charge on any atom is -0.406 e. The fourth-order valence-corrected chi connectivity index (χ4v) is 3.98. The van der Waals surface area contributed by atoms with Crippen molar-refractivity contribution in [2.24, 2.45) is 0 Å². The lowest BCUT2D eigenvalue weighted by Crippen LogP contribution is -2.30. The van der Waals surface area contributed by atoms with Crippen LogP contribution in [0.3, 0.4) is 0 Å². The summed E-state index contributed by atoms with van der Waals surface area (Å²) in [6, 6.07) is 14.2. The van der Waals surface area contributed by atoms with E-state index in [1.807, 2.05) is 18.2 Å². The largest absolute Gasteiger partial charge is 0.573 e. The molecular formula is C21H27F3N2O3S. The number of nitrogens with zero attached hydrogens (tertiary/aromatic N) is 1. The first-order valence-corrected chi connectivity index (χ1v) is 11.3. The van der Waals surface area contributed by atoms with Crippen LogP contribution in [-0.4, -0.2) is 39.3 Å². The first kappa shape index (κ1) is 24.2. The summed E-state index contributed by atoms with van der Waals surface area (Å²) in [5.41, 5.74) is 1.20. The normalized spacial score (nSPS) is 12.3. The van der Waals surface area contributed by atoms with E-state index in [-0.39, 0.29) is 11.4 Å².